The van der Waals surface area contributed by atoms with Crippen molar-refractivity contribution in [1.82, 2.24) is 0 Å². The summed E-state index contributed by atoms with van der Waals surface area (Å²) in [6.07, 6.45) is -24.4. The highest BCUT2D eigenvalue weighted by Crippen LogP contribution is 2.39. The van der Waals surface area contributed by atoms with Crippen molar-refractivity contribution in [2.24, 2.45) is 0 Å². The van der Waals surface area contributed by atoms with Crippen LogP contribution >= 0.6 is 0 Å². The lowest BCUT2D eigenvalue weighted by Crippen LogP contribution is -2.64. The van der Waals surface area contributed by atoms with Gasteiger partial charge in [-0.1, -0.05) is 0 Å². The van der Waals surface area contributed by atoms with Gasteiger partial charge in [0.1, 0.15) is 89.8 Å². The Kier molecular flexibility index (Phi) is 11.9. The quantitative estimate of drug-likeness (QED) is 0.102. The topological polar surface area (TPSA) is 314 Å². The van der Waals surface area contributed by atoms with Crippen LogP contribution in [0, 0.1) is 0 Å². The van der Waals surface area contributed by atoms with Gasteiger partial charge in [0.15, 0.2) is 18.2 Å². The van der Waals surface area contributed by atoms with Crippen LogP contribution in [-0.2, 0) is 28.5 Å². The molecule has 3 fully saturated rings. The minimum Gasteiger partial charge on any atom is -0.508 e. The van der Waals surface area contributed by atoms with Crippen molar-refractivity contribution in [1.29, 1.82) is 0 Å². The number of benzene rings is 2. The van der Waals surface area contributed by atoms with Gasteiger partial charge in [-0.25, -0.2) is 0 Å². The summed E-state index contributed by atoms with van der Waals surface area (Å²) in [7, 11) is 0. The SMILES string of the molecule is CC(=O)OC[C@H]1O[C@@H](Oc2c(-c3ccc(O)cc3)oc3cc(O[C@@H]4O[C@H](C)[C@H](O)[C@H](O)[C@H]4O)cc(O)c3c2=O)[C@@H](O[C@@H]2O[C@@H](C)[C@H](O)[C@H](O)[C@@H]2O)[C@@H](O)[C@H]1O. The molecule has 0 unspecified atom stereocenters. The number of rotatable bonds is 9. The average Bonchev–Trinajstić information content (AvgIpc) is 3.14. The molecule has 15 atom stereocenters. The fraction of sp³-hybridized carbons (Fsp3) is 0.543. The van der Waals surface area contributed by atoms with Crippen molar-refractivity contribution in [3.8, 4) is 34.3 Å². The summed E-state index contributed by atoms with van der Waals surface area (Å²) >= 11 is 0. The standard InChI is InChI=1S/C35H42O20/c1-11-21(39)25(43)28(46)33(49-11)51-16-8-17(38)20-18(9-16)52-30(14-4-6-15(37)7-5-14)31(24(20)42)54-35-32(27(45)23(41)19(53-35)10-48-13(3)36)55-34-29(47)26(44)22(40)12(2)50-34/h4-9,11-12,19,21-23,25-29,32-35,37-41,43-47H,10H2,1-3H3/t11-,12+,19-,21+,22+,23+,25+,26+,27+,28-,29+,32+,33+,34+,35+/m1/s1. The van der Waals surface area contributed by atoms with Crippen LogP contribution in [0.2, 0.25) is 0 Å². The zero-order valence-electron chi connectivity index (χ0n) is 29.4. The number of hydrogen-bond donors (Lipinski definition) is 10. The number of phenolic OH excluding ortho intramolecular Hbond substituents is 2. The number of phenols is 2. The van der Waals surface area contributed by atoms with Crippen LogP contribution in [0.1, 0.15) is 20.8 Å². The van der Waals surface area contributed by atoms with E-state index in [-0.39, 0.29) is 28.4 Å². The molecule has 20 heteroatoms. The van der Waals surface area contributed by atoms with Crippen molar-refractivity contribution < 1.29 is 93.4 Å². The number of carbonyl (C=O) groups excluding carboxylic acids is 1. The first-order valence-corrected chi connectivity index (χ1v) is 17.1. The maximum Gasteiger partial charge on any atom is 0.302 e. The van der Waals surface area contributed by atoms with Gasteiger partial charge in [-0.3, -0.25) is 9.59 Å². The van der Waals surface area contributed by atoms with E-state index < -0.39 is 127 Å². The molecule has 0 saturated carbocycles. The fourth-order valence-corrected chi connectivity index (χ4v) is 6.36. The van der Waals surface area contributed by atoms with Crippen molar-refractivity contribution in [3.63, 3.8) is 0 Å². The van der Waals surface area contributed by atoms with Crippen molar-refractivity contribution >= 4 is 16.9 Å². The van der Waals surface area contributed by atoms with Gasteiger partial charge in [-0.15, -0.1) is 0 Å². The normalized spacial score (nSPS) is 36.7. The highest BCUT2D eigenvalue weighted by Gasteiger charge is 2.52. The van der Waals surface area contributed by atoms with Crippen LogP contribution in [0.3, 0.4) is 0 Å². The Bertz CT molecular complexity index is 1880. The van der Waals surface area contributed by atoms with Gasteiger partial charge in [-0.05, 0) is 38.1 Å². The Morgan fingerprint density at radius 2 is 1.31 bits per heavy atom. The molecule has 6 rings (SSSR count). The second kappa shape index (κ2) is 16.1. The zero-order chi connectivity index (χ0) is 40.0. The van der Waals surface area contributed by atoms with Gasteiger partial charge < -0.3 is 88.6 Å². The maximum atomic E-state index is 14.3. The van der Waals surface area contributed by atoms with E-state index in [4.69, 9.17) is 37.6 Å². The molecule has 0 radical (unpaired) electrons. The Morgan fingerprint density at radius 3 is 1.93 bits per heavy atom. The van der Waals surface area contributed by atoms with Crippen LogP contribution in [0.4, 0.5) is 0 Å². The third-order valence-corrected chi connectivity index (χ3v) is 9.53. The van der Waals surface area contributed by atoms with Gasteiger partial charge in [0.2, 0.25) is 23.8 Å². The number of fused-ring (bicyclic) bond motifs is 1. The molecule has 4 heterocycles. The first-order valence-electron chi connectivity index (χ1n) is 17.1. The number of aliphatic hydroxyl groups excluding tert-OH is 8. The predicted molar refractivity (Wildman–Crippen MR) is 179 cm³/mol. The smallest absolute Gasteiger partial charge is 0.302 e. The molecule has 20 nitrogen and oxygen atoms in total. The van der Waals surface area contributed by atoms with E-state index in [1.165, 1.54) is 38.1 Å². The molecule has 302 valence electrons. The van der Waals surface area contributed by atoms with E-state index in [0.717, 1.165) is 19.1 Å². The summed E-state index contributed by atoms with van der Waals surface area (Å²) in [5.74, 6) is -2.91. The molecule has 0 aliphatic carbocycles. The van der Waals surface area contributed by atoms with Crippen molar-refractivity contribution in [2.75, 3.05) is 6.61 Å². The third kappa shape index (κ3) is 8.08. The maximum absolute atomic E-state index is 14.3. The summed E-state index contributed by atoms with van der Waals surface area (Å²) in [6.45, 7) is 3.27. The summed E-state index contributed by atoms with van der Waals surface area (Å²) in [5, 5.41) is 105. The highest BCUT2D eigenvalue weighted by molar-refractivity contribution is 5.88. The fourth-order valence-electron chi connectivity index (χ4n) is 6.36. The second-order valence-electron chi connectivity index (χ2n) is 13.5. The molecular weight excluding hydrogens is 740 g/mol. The summed E-state index contributed by atoms with van der Waals surface area (Å²) in [4.78, 5) is 25.9. The van der Waals surface area contributed by atoms with Gasteiger partial charge in [0.05, 0.1) is 12.2 Å². The van der Waals surface area contributed by atoms with Gasteiger partial charge in [-0.2, -0.15) is 0 Å². The van der Waals surface area contributed by atoms with Gasteiger partial charge in [0, 0.05) is 24.6 Å². The molecule has 10 N–H and O–H groups in total. The highest BCUT2D eigenvalue weighted by atomic mass is 16.8. The minimum absolute atomic E-state index is 0.108. The van der Waals surface area contributed by atoms with E-state index in [2.05, 4.69) is 0 Å². The Balaban J connectivity index is 1.42. The molecule has 1 aromatic heterocycles. The summed E-state index contributed by atoms with van der Waals surface area (Å²) in [6, 6.07) is 7.31. The molecular formula is C35H42O20. The predicted octanol–water partition coefficient (Wildman–Crippen LogP) is -2.32. The minimum atomic E-state index is -1.97. The molecule has 2 aromatic carbocycles. The van der Waals surface area contributed by atoms with Crippen LogP contribution in [0.5, 0.6) is 23.0 Å². The number of hydrogen-bond acceptors (Lipinski definition) is 20. The number of esters is 1. The van der Waals surface area contributed by atoms with Gasteiger partial charge >= 0.3 is 5.97 Å². The molecule has 3 saturated heterocycles. The number of carbonyl (C=O) groups is 1. The molecule has 3 aromatic rings. The Morgan fingerprint density at radius 1 is 0.709 bits per heavy atom. The van der Waals surface area contributed by atoms with E-state index >= 15 is 0 Å². The van der Waals surface area contributed by atoms with Crippen molar-refractivity contribution in [2.45, 2.75) is 113 Å². The summed E-state index contributed by atoms with van der Waals surface area (Å²) < 4.78 is 45.4. The molecule has 3 aliphatic rings. The number of aromatic hydroxyl groups is 2. The van der Waals surface area contributed by atoms with E-state index in [1.54, 1.807) is 0 Å². The lowest BCUT2D eigenvalue weighted by Gasteiger charge is -2.45. The monoisotopic (exact) mass is 782 g/mol. The molecule has 3 aliphatic heterocycles. The lowest BCUT2D eigenvalue weighted by molar-refractivity contribution is -0.354. The Labute approximate surface area is 310 Å². The number of aliphatic hydroxyl groups is 8. The lowest BCUT2D eigenvalue weighted by atomic mass is 9.97. The van der Waals surface area contributed by atoms with Crippen LogP contribution in [0.25, 0.3) is 22.3 Å². The Hall–Kier alpha value is -4.16. The van der Waals surface area contributed by atoms with Crippen LogP contribution in [-0.4, -0.2) is 156 Å². The van der Waals surface area contributed by atoms with Gasteiger partial charge in [0.25, 0.3) is 0 Å². The molecule has 0 amide bonds. The molecule has 0 spiro atoms. The van der Waals surface area contributed by atoms with E-state index in [1.807, 2.05) is 0 Å². The van der Waals surface area contributed by atoms with E-state index in [9.17, 15) is 60.7 Å². The number of ether oxygens (including phenoxy) is 7. The largest absolute Gasteiger partial charge is 0.508 e. The van der Waals surface area contributed by atoms with Crippen LogP contribution < -0.4 is 14.9 Å². The zero-order valence-corrected chi connectivity index (χ0v) is 29.4. The van der Waals surface area contributed by atoms with E-state index in [0.29, 0.717) is 0 Å². The first-order chi connectivity index (χ1) is 26.0. The van der Waals surface area contributed by atoms with Crippen LogP contribution in [0.15, 0.2) is 45.6 Å². The molecule has 0 bridgehead atoms. The second-order valence-corrected chi connectivity index (χ2v) is 13.5. The first kappa shape index (κ1) is 40.5. The third-order valence-electron chi connectivity index (χ3n) is 9.53. The van der Waals surface area contributed by atoms with Crippen molar-refractivity contribution in [3.05, 3.63) is 46.6 Å². The average molecular weight is 783 g/mol. The molecule has 55 heavy (non-hydrogen) atoms. The summed E-state index contributed by atoms with van der Waals surface area (Å²) in [5.41, 5.74) is -1.25.